The minimum Gasteiger partial charge on any atom is -0.338 e. The highest BCUT2D eigenvalue weighted by Crippen LogP contribution is 2.18. The quantitative estimate of drug-likeness (QED) is 0.876. The van der Waals surface area contributed by atoms with Gasteiger partial charge in [0, 0.05) is 50.7 Å². The molecule has 19 heavy (non-hydrogen) atoms. The molecule has 0 spiro atoms. The third-order valence-electron chi connectivity index (χ3n) is 2.99. The SMILES string of the molecule is NCc1cnc(N2CCN(CC(F)(F)F)CC2)nc1. The van der Waals surface area contributed by atoms with Gasteiger partial charge in [-0.05, 0) is 0 Å². The maximum Gasteiger partial charge on any atom is 0.401 e. The second kappa shape index (κ2) is 5.70. The van der Waals surface area contributed by atoms with E-state index in [1.165, 1.54) is 4.90 Å². The molecule has 2 N–H and O–H groups in total. The normalized spacial score (nSPS) is 17.8. The van der Waals surface area contributed by atoms with Gasteiger partial charge in [0.2, 0.25) is 5.95 Å². The van der Waals surface area contributed by atoms with Crippen molar-refractivity contribution in [2.45, 2.75) is 12.7 Å². The molecule has 1 aromatic heterocycles. The van der Waals surface area contributed by atoms with Crippen LogP contribution in [0, 0.1) is 0 Å². The van der Waals surface area contributed by atoms with E-state index in [4.69, 9.17) is 5.73 Å². The average molecular weight is 275 g/mol. The highest BCUT2D eigenvalue weighted by Gasteiger charge is 2.32. The predicted octanol–water partition coefficient (Wildman–Crippen LogP) is 0.620. The highest BCUT2D eigenvalue weighted by atomic mass is 19.4. The van der Waals surface area contributed by atoms with Gasteiger partial charge in [0.1, 0.15) is 0 Å². The molecular weight excluding hydrogens is 259 g/mol. The van der Waals surface area contributed by atoms with Crippen LogP contribution in [0.4, 0.5) is 19.1 Å². The third-order valence-corrected chi connectivity index (χ3v) is 2.99. The van der Waals surface area contributed by atoms with Gasteiger partial charge in [0.25, 0.3) is 0 Å². The standard InChI is InChI=1S/C11H16F3N5/c12-11(13,14)8-18-1-3-19(4-2-18)10-16-6-9(5-15)7-17-10/h6-7H,1-5,8,15H2. The first kappa shape index (κ1) is 14.0. The number of nitrogens with two attached hydrogens (primary N) is 1. The van der Waals surface area contributed by atoms with E-state index in [1.54, 1.807) is 12.4 Å². The minimum absolute atomic E-state index is 0.363. The van der Waals surface area contributed by atoms with Crippen molar-refractivity contribution in [3.63, 3.8) is 0 Å². The van der Waals surface area contributed by atoms with E-state index >= 15 is 0 Å². The van der Waals surface area contributed by atoms with Crippen molar-refractivity contribution in [3.05, 3.63) is 18.0 Å². The first-order valence-electron chi connectivity index (χ1n) is 6.03. The third kappa shape index (κ3) is 4.03. The number of alkyl halides is 3. The number of hydrogen-bond donors (Lipinski definition) is 1. The largest absolute Gasteiger partial charge is 0.401 e. The summed E-state index contributed by atoms with van der Waals surface area (Å²) < 4.78 is 36.8. The van der Waals surface area contributed by atoms with E-state index in [0.29, 0.717) is 38.7 Å². The molecule has 0 radical (unpaired) electrons. The number of halogens is 3. The van der Waals surface area contributed by atoms with Gasteiger partial charge >= 0.3 is 6.18 Å². The van der Waals surface area contributed by atoms with Crippen LogP contribution in [0.25, 0.3) is 0 Å². The predicted molar refractivity (Wildman–Crippen MR) is 64.6 cm³/mol. The molecule has 106 valence electrons. The van der Waals surface area contributed by atoms with Gasteiger partial charge < -0.3 is 10.6 Å². The summed E-state index contributed by atoms with van der Waals surface area (Å²) in [6, 6.07) is 0. The number of nitrogens with zero attached hydrogens (tertiary/aromatic N) is 4. The van der Waals surface area contributed by atoms with Crippen LogP contribution >= 0.6 is 0 Å². The molecule has 8 heteroatoms. The lowest BCUT2D eigenvalue weighted by molar-refractivity contribution is -0.146. The second-order valence-corrected chi connectivity index (χ2v) is 4.47. The molecule has 0 bridgehead atoms. The van der Waals surface area contributed by atoms with Gasteiger partial charge in [0.15, 0.2) is 0 Å². The fourth-order valence-corrected chi connectivity index (χ4v) is 1.98. The summed E-state index contributed by atoms with van der Waals surface area (Å²) in [6.07, 6.45) is -0.851. The van der Waals surface area contributed by atoms with E-state index < -0.39 is 12.7 Å². The molecule has 1 aliphatic rings. The Morgan fingerprint density at radius 1 is 1.11 bits per heavy atom. The molecule has 0 saturated carbocycles. The van der Waals surface area contributed by atoms with Crippen LogP contribution in [0.5, 0.6) is 0 Å². The smallest absolute Gasteiger partial charge is 0.338 e. The van der Waals surface area contributed by atoms with Crippen LogP contribution in [0.1, 0.15) is 5.56 Å². The van der Waals surface area contributed by atoms with Crippen LogP contribution in [0.2, 0.25) is 0 Å². The van der Waals surface area contributed by atoms with Crippen molar-refractivity contribution in [2.75, 3.05) is 37.6 Å². The van der Waals surface area contributed by atoms with Crippen LogP contribution in [-0.4, -0.2) is 53.8 Å². The first-order chi connectivity index (χ1) is 8.98. The van der Waals surface area contributed by atoms with E-state index in [2.05, 4.69) is 9.97 Å². The zero-order chi connectivity index (χ0) is 13.9. The van der Waals surface area contributed by atoms with Crippen molar-refractivity contribution < 1.29 is 13.2 Å². The summed E-state index contributed by atoms with van der Waals surface area (Å²) in [6.45, 7) is 1.24. The molecule has 0 aromatic carbocycles. The topological polar surface area (TPSA) is 58.3 Å². The summed E-state index contributed by atoms with van der Waals surface area (Å²) in [5.74, 6) is 0.545. The molecule has 0 aliphatic carbocycles. The molecule has 1 aromatic rings. The van der Waals surface area contributed by atoms with Gasteiger partial charge in [-0.1, -0.05) is 0 Å². The Kier molecular flexibility index (Phi) is 4.20. The van der Waals surface area contributed by atoms with Crippen LogP contribution in [-0.2, 0) is 6.54 Å². The molecule has 1 saturated heterocycles. The fourth-order valence-electron chi connectivity index (χ4n) is 1.98. The Labute approximate surface area is 109 Å². The summed E-state index contributed by atoms with van der Waals surface area (Å²) >= 11 is 0. The summed E-state index contributed by atoms with van der Waals surface area (Å²) in [5.41, 5.74) is 6.28. The van der Waals surface area contributed by atoms with E-state index in [9.17, 15) is 13.2 Å². The van der Waals surface area contributed by atoms with Crippen molar-refractivity contribution >= 4 is 5.95 Å². The Balaban J connectivity index is 1.88. The lowest BCUT2D eigenvalue weighted by Crippen LogP contribution is -2.49. The fraction of sp³-hybridized carbons (Fsp3) is 0.636. The number of anilines is 1. The van der Waals surface area contributed by atoms with Crippen LogP contribution in [0.3, 0.4) is 0 Å². The lowest BCUT2D eigenvalue weighted by Gasteiger charge is -2.34. The molecular formula is C11H16F3N5. The Hall–Kier alpha value is -1.41. The second-order valence-electron chi connectivity index (χ2n) is 4.47. The molecule has 2 heterocycles. The Morgan fingerprint density at radius 2 is 1.68 bits per heavy atom. The minimum atomic E-state index is -4.14. The van der Waals surface area contributed by atoms with E-state index in [-0.39, 0.29) is 0 Å². The highest BCUT2D eigenvalue weighted by molar-refractivity contribution is 5.30. The molecule has 0 amide bonds. The monoisotopic (exact) mass is 275 g/mol. The molecule has 0 unspecified atom stereocenters. The van der Waals surface area contributed by atoms with Gasteiger partial charge in [-0.25, -0.2) is 9.97 Å². The maximum absolute atomic E-state index is 12.3. The number of piperazine rings is 1. The zero-order valence-corrected chi connectivity index (χ0v) is 10.4. The molecule has 2 rings (SSSR count). The van der Waals surface area contributed by atoms with Crippen molar-refractivity contribution in [1.29, 1.82) is 0 Å². The number of rotatable bonds is 3. The van der Waals surface area contributed by atoms with E-state index in [1.807, 2.05) is 4.90 Å². The summed E-state index contributed by atoms with van der Waals surface area (Å²) in [4.78, 5) is 11.6. The summed E-state index contributed by atoms with van der Waals surface area (Å²) in [5, 5.41) is 0. The Morgan fingerprint density at radius 3 is 2.16 bits per heavy atom. The maximum atomic E-state index is 12.3. The van der Waals surface area contributed by atoms with Gasteiger partial charge in [-0.3, -0.25) is 4.90 Å². The molecule has 1 fully saturated rings. The number of aromatic nitrogens is 2. The van der Waals surface area contributed by atoms with Crippen LogP contribution in [0.15, 0.2) is 12.4 Å². The van der Waals surface area contributed by atoms with Gasteiger partial charge in [-0.2, -0.15) is 13.2 Å². The molecule has 1 aliphatic heterocycles. The lowest BCUT2D eigenvalue weighted by atomic mass is 10.3. The first-order valence-corrected chi connectivity index (χ1v) is 6.03. The zero-order valence-electron chi connectivity index (χ0n) is 10.4. The van der Waals surface area contributed by atoms with Crippen molar-refractivity contribution in [3.8, 4) is 0 Å². The van der Waals surface area contributed by atoms with Gasteiger partial charge in [-0.15, -0.1) is 0 Å². The molecule has 0 atom stereocenters. The van der Waals surface area contributed by atoms with Crippen molar-refractivity contribution in [1.82, 2.24) is 14.9 Å². The number of hydrogen-bond acceptors (Lipinski definition) is 5. The Bertz CT molecular complexity index is 398. The van der Waals surface area contributed by atoms with E-state index in [0.717, 1.165) is 5.56 Å². The molecule has 5 nitrogen and oxygen atoms in total. The van der Waals surface area contributed by atoms with Crippen molar-refractivity contribution in [2.24, 2.45) is 5.73 Å². The van der Waals surface area contributed by atoms with Gasteiger partial charge in [0.05, 0.1) is 6.54 Å². The summed E-state index contributed by atoms with van der Waals surface area (Å²) in [7, 11) is 0. The van der Waals surface area contributed by atoms with Crippen LogP contribution < -0.4 is 10.6 Å². The average Bonchev–Trinajstić information content (AvgIpc) is 2.38.